The Bertz CT molecular complexity index is 3100. The van der Waals surface area contributed by atoms with E-state index in [9.17, 15) is 0 Å². The molecule has 0 fully saturated rings. The van der Waals surface area contributed by atoms with Gasteiger partial charge in [-0.05, 0) is 147 Å². The Morgan fingerprint density at radius 2 is 1.08 bits per heavy atom. The van der Waals surface area contributed by atoms with Gasteiger partial charge in [0.1, 0.15) is 0 Å². The molecule has 5 heteroatoms. The van der Waals surface area contributed by atoms with Crippen molar-refractivity contribution in [1.29, 1.82) is 0 Å². The van der Waals surface area contributed by atoms with Gasteiger partial charge < -0.3 is 13.9 Å². The van der Waals surface area contributed by atoms with E-state index in [1.165, 1.54) is 72.2 Å². The van der Waals surface area contributed by atoms with Crippen molar-refractivity contribution in [1.82, 2.24) is 4.57 Å². The first-order valence-electron chi connectivity index (χ1n) is 22.7. The monoisotopic (exact) mass is 811 g/mol. The molecule has 3 aliphatic rings. The van der Waals surface area contributed by atoms with Gasteiger partial charge in [0.25, 0.3) is 6.71 Å². The summed E-state index contributed by atoms with van der Waals surface area (Å²) >= 11 is 0. The smallest absolute Gasteiger partial charge is 0.259 e. The average molecular weight is 812 g/mol. The van der Waals surface area contributed by atoms with Crippen LogP contribution < -0.4 is 26.2 Å². The van der Waals surface area contributed by atoms with Crippen molar-refractivity contribution in [3.8, 4) is 5.69 Å². The third-order valence-electron chi connectivity index (χ3n) is 14.6. The molecule has 4 heterocycles. The molecule has 0 unspecified atom stereocenters. The highest BCUT2D eigenvalue weighted by atomic mass is 16.4. The number of aromatic nitrogens is 1. The maximum atomic E-state index is 7.64. The number of para-hydroxylation sites is 2. The summed E-state index contributed by atoms with van der Waals surface area (Å²) in [7, 11) is 0. The molecule has 2 aromatic heterocycles. The lowest BCUT2D eigenvalue weighted by atomic mass is 9.33. The van der Waals surface area contributed by atoms with E-state index < -0.39 is 0 Å². The first-order valence-corrected chi connectivity index (χ1v) is 22.7. The number of nitrogens with zero attached hydrogens (tertiary/aromatic N) is 3. The quantitative estimate of drug-likeness (QED) is 0.166. The summed E-state index contributed by atoms with van der Waals surface area (Å²) < 4.78 is 10.2. The number of hydrogen-bond acceptors (Lipinski definition) is 3. The molecule has 1 aliphatic carbocycles. The van der Waals surface area contributed by atoms with E-state index in [0.29, 0.717) is 0 Å². The Labute approximate surface area is 368 Å². The highest BCUT2D eigenvalue weighted by Crippen LogP contribution is 2.51. The lowest BCUT2D eigenvalue weighted by molar-refractivity contribution is 0.332. The molecule has 0 atom stereocenters. The topological polar surface area (TPSA) is 24.6 Å². The van der Waals surface area contributed by atoms with Crippen molar-refractivity contribution in [3.05, 3.63) is 155 Å². The number of aryl methyl sites for hydroxylation is 1. The molecule has 6 aromatic carbocycles. The van der Waals surface area contributed by atoms with Crippen LogP contribution in [0.3, 0.4) is 0 Å². The van der Waals surface area contributed by atoms with Gasteiger partial charge in [-0.1, -0.05) is 130 Å². The molecular formula is C57H58BN3O. The zero-order valence-electron chi connectivity index (χ0n) is 38.4. The maximum absolute atomic E-state index is 7.64. The van der Waals surface area contributed by atoms with E-state index in [0.717, 1.165) is 46.9 Å². The van der Waals surface area contributed by atoms with Gasteiger partial charge in [0, 0.05) is 45.0 Å². The predicted molar refractivity (Wildman–Crippen MR) is 264 cm³/mol. The Hall–Kier alpha value is -5.94. The van der Waals surface area contributed by atoms with E-state index >= 15 is 0 Å². The van der Waals surface area contributed by atoms with Crippen LogP contribution >= 0.6 is 0 Å². The molecule has 0 N–H and O–H groups in total. The number of rotatable bonds is 3. The molecule has 0 radical (unpaired) electrons. The van der Waals surface area contributed by atoms with Crippen LogP contribution in [0.1, 0.15) is 110 Å². The zero-order chi connectivity index (χ0) is 43.2. The Balaban J connectivity index is 1.28. The van der Waals surface area contributed by atoms with Crippen molar-refractivity contribution in [2.24, 2.45) is 0 Å². The van der Waals surface area contributed by atoms with Crippen LogP contribution in [0.15, 0.2) is 132 Å². The fourth-order valence-electron chi connectivity index (χ4n) is 11.0. The van der Waals surface area contributed by atoms with Gasteiger partial charge in [0.2, 0.25) is 5.88 Å². The van der Waals surface area contributed by atoms with Gasteiger partial charge in [0.05, 0.1) is 11.0 Å². The van der Waals surface area contributed by atoms with E-state index in [1.54, 1.807) is 0 Å². The van der Waals surface area contributed by atoms with Gasteiger partial charge in [-0.15, -0.1) is 0 Å². The summed E-state index contributed by atoms with van der Waals surface area (Å²) in [6.45, 7) is 25.6. The molecule has 0 amide bonds. The second-order valence-corrected chi connectivity index (χ2v) is 21.8. The van der Waals surface area contributed by atoms with Crippen LogP contribution in [0.4, 0.5) is 34.3 Å². The molecule has 2 aliphatic heterocycles. The third-order valence-corrected chi connectivity index (χ3v) is 14.6. The van der Waals surface area contributed by atoms with Crippen molar-refractivity contribution in [2.75, 3.05) is 9.80 Å². The van der Waals surface area contributed by atoms with Crippen molar-refractivity contribution >= 4 is 79.4 Å². The lowest BCUT2D eigenvalue weighted by Crippen LogP contribution is -2.61. The van der Waals surface area contributed by atoms with Gasteiger partial charge in [-0.25, -0.2) is 0 Å². The number of benzene rings is 6. The fourth-order valence-corrected chi connectivity index (χ4v) is 11.0. The SMILES string of the molecule is Cc1cc2c3c(c1)N(c1ccc(C(C)(C)C)cc1)c1oc4c5cc6c(cc5n(-c5ccccc5)c4c1B3c1ccccc1N2c1ccc(C(C)(C)C)cc1)C(C)(C)CCC6(C)C. The largest absolute Gasteiger partial charge is 0.438 e. The van der Waals surface area contributed by atoms with Crippen LogP contribution in [0.25, 0.3) is 27.7 Å². The maximum Gasteiger partial charge on any atom is 0.259 e. The molecule has 62 heavy (non-hydrogen) atoms. The predicted octanol–water partition coefficient (Wildman–Crippen LogP) is 13.7. The normalized spacial score (nSPS) is 16.3. The highest BCUT2D eigenvalue weighted by molar-refractivity contribution is 7.01. The molecule has 310 valence electrons. The van der Waals surface area contributed by atoms with E-state index in [4.69, 9.17) is 4.42 Å². The summed E-state index contributed by atoms with van der Waals surface area (Å²) in [4.78, 5) is 4.95. The molecule has 8 aromatic rings. The van der Waals surface area contributed by atoms with Gasteiger partial charge >= 0.3 is 0 Å². The van der Waals surface area contributed by atoms with Crippen molar-refractivity contribution < 1.29 is 4.42 Å². The summed E-state index contributed by atoms with van der Waals surface area (Å²) in [6, 6.07) is 48.4. The van der Waals surface area contributed by atoms with Crippen molar-refractivity contribution in [2.45, 2.75) is 111 Å². The second-order valence-electron chi connectivity index (χ2n) is 21.8. The standard InChI is InChI=1S/C57H58BN3O/c1-35-31-47-49-48(32-35)61(40-27-23-37(24-28-40)55(5,6)7)53-50(58(49)44-19-15-16-20-45(44)59(47)39-25-21-36(22-26-39)54(2,3)4)51-52(62-53)41-33-42-43(57(10,11)30-29-56(42,8)9)34-46(41)60(51)38-17-13-12-14-18-38/h12-28,31-34H,29-30H2,1-11H3. The molecule has 0 saturated carbocycles. The van der Waals surface area contributed by atoms with Crippen LogP contribution in [0.5, 0.6) is 0 Å². The summed E-state index contributed by atoms with van der Waals surface area (Å²) in [5.74, 6) is 0.897. The minimum absolute atomic E-state index is 0.0270. The van der Waals surface area contributed by atoms with Crippen LogP contribution in [0.2, 0.25) is 0 Å². The van der Waals surface area contributed by atoms with Crippen LogP contribution in [-0.4, -0.2) is 11.3 Å². The Morgan fingerprint density at radius 3 is 1.68 bits per heavy atom. The van der Waals surface area contributed by atoms with Crippen LogP contribution in [0, 0.1) is 6.92 Å². The minimum Gasteiger partial charge on any atom is -0.438 e. The van der Waals surface area contributed by atoms with E-state index in [-0.39, 0.29) is 28.4 Å². The van der Waals surface area contributed by atoms with Gasteiger partial charge in [0.15, 0.2) is 5.58 Å². The third kappa shape index (κ3) is 5.66. The molecule has 4 nitrogen and oxygen atoms in total. The van der Waals surface area contributed by atoms with E-state index in [2.05, 4.69) is 218 Å². The average Bonchev–Trinajstić information content (AvgIpc) is 3.76. The first-order chi connectivity index (χ1) is 29.4. The number of fused-ring (bicyclic) bond motifs is 9. The molecular weight excluding hydrogens is 753 g/mol. The number of anilines is 6. The molecule has 11 rings (SSSR count). The minimum atomic E-state index is -0.0856. The van der Waals surface area contributed by atoms with Gasteiger partial charge in [-0.2, -0.15) is 0 Å². The number of furan rings is 1. The Kier molecular flexibility index (Phi) is 8.20. The van der Waals surface area contributed by atoms with E-state index in [1.807, 2.05) is 0 Å². The second kappa shape index (κ2) is 13.0. The molecule has 0 spiro atoms. The summed E-state index contributed by atoms with van der Waals surface area (Å²) in [5, 5.41) is 1.18. The van der Waals surface area contributed by atoms with Crippen molar-refractivity contribution in [3.63, 3.8) is 0 Å². The number of hydrogen-bond donors (Lipinski definition) is 0. The molecule has 0 bridgehead atoms. The highest BCUT2D eigenvalue weighted by Gasteiger charge is 2.48. The first kappa shape index (κ1) is 38.9. The lowest BCUT2D eigenvalue weighted by Gasteiger charge is -2.43. The zero-order valence-corrected chi connectivity index (χ0v) is 38.4. The summed E-state index contributed by atoms with van der Waals surface area (Å²) in [6.07, 6.45) is 2.31. The molecule has 0 saturated heterocycles. The Morgan fingerprint density at radius 1 is 0.548 bits per heavy atom. The summed E-state index contributed by atoms with van der Waals surface area (Å²) in [5.41, 5.74) is 21.0. The van der Waals surface area contributed by atoms with Crippen LogP contribution in [-0.2, 0) is 21.7 Å². The fraction of sp³-hybridized carbons (Fsp3) is 0.298. The van der Waals surface area contributed by atoms with Gasteiger partial charge in [-0.3, -0.25) is 4.90 Å².